The van der Waals surface area contributed by atoms with Crippen molar-refractivity contribution in [3.05, 3.63) is 60.2 Å². The highest BCUT2D eigenvalue weighted by molar-refractivity contribution is 7.89. The van der Waals surface area contributed by atoms with Gasteiger partial charge >= 0.3 is 0 Å². The Balaban J connectivity index is 1.62. The van der Waals surface area contributed by atoms with E-state index in [1.54, 1.807) is 18.2 Å². The van der Waals surface area contributed by atoms with E-state index in [0.717, 1.165) is 5.56 Å². The van der Waals surface area contributed by atoms with Gasteiger partial charge in [0.15, 0.2) is 0 Å². The minimum Gasteiger partial charge on any atom is -0.352 e. The van der Waals surface area contributed by atoms with Crippen molar-refractivity contribution in [2.75, 3.05) is 13.1 Å². The Hall–Kier alpha value is -2.32. The molecular weight excluding hydrogens is 357 g/mol. The molecule has 1 aromatic heterocycles. The van der Waals surface area contributed by atoms with Crippen LogP contribution in [-0.2, 0) is 21.4 Å². The van der Waals surface area contributed by atoms with Crippen molar-refractivity contribution < 1.29 is 17.6 Å². The van der Waals surface area contributed by atoms with Gasteiger partial charge in [-0.1, -0.05) is 12.1 Å². The maximum absolute atomic E-state index is 12.9. The van der Waals surface area contributed by atoms with E-state index in [0.29, 0.717) is 19.4 Å². The second kappa shape index (κ2) is 7.92. The van der Waals surface area contributed by atoms with Crippen molar-refractivity contribution >= 4 is 15.9 Å². The van der Waals surface area contributed by atoms with Crippen LogP contribution in [0.25, 0.3) is 0 Å². The number of halogens is 1. The molecule has 1 aromatic carbocycles. The van der Waals surface area contributed by atoms with Crippen LogP contribution in [-0.4, -0.2) is 36.7 Å². The Kier molecular flexibility index (Phi) is 5.63. The van der Waals surface area contributed by atoms with Crippen LogP contribution < -0.4 is 5.32 Å². The number of pyridine rings is 1. The molecule has 1 amide bonds. The van der Waals surface area contributed by atoms with Crippen molar-refractivity contribution in [3.63, 3.8) is 0 Å². The van der Waals surface area contributed by atoms with Crippen LogP contribution in [0.1, 0.15) is 18.4 Å². The van der Waals surface area contributed by atoms with Crippen molar-refractivity contribution in [1.29, 1.82) is 0 Å². The highest BCUT2D eigenvalue weighted by Gasteiger charge is 2.33. The first-order valence-corrected chi connectivity index (χ1v) is 9.83. The summed E-state index contributed by atoms with van der Waals surface area (Å²) in [5.41, 5.74) is 0.787. The Labute approximate surface area is 152 Å². The second-order valence-electron chi connectivity index (χ2n) is 6.24. The molecular formula is C18H20FN3O3S. The molecule has 138 valence electrons. The number of carbonyl (C=O) groups excluding carboxylic acids is 1. The molecule has 0 saturated carbocycles. The molecule has 1 N–H and O–H groups in total. The lowest BCUT2D eigenvalue weighted by molar-refractivity contribution is -0.126. The lowest BCUT2D eigenvalue weighted by Gasteiger charge is -2.31. The number of carbonyl (C=O) groups is 1. The van der Waals surface area contributed by atoms with E-state index >= 15 is 0 Å². The van der Waals surface area contributed by atoms with Crippen molar-refractivity contribution in [2.24, 2.45) is 5.92 Å². The molecule has 1 fully saturated rings. The van der Waals surface area contributed by atoms with E-state index in [9.17, 15) is 17.6 Å². The first kappa shape index (κ1) is 18.5. The molecule has 0 bridgehead atoms. The molecule has 2 aromatic rings. The average molecular weight is 377 g/mol. The molecule has 0 aliphatic carbocycles. The maximum atomic E-state index is 12.9. The standard InChI is InChI=1S/C18H20FN3O3S/c19-16-7-5-14(6-8-16)11-21-18(23)15-3-2-10-22(13-15)26(24,25)17-4-1-9-20-12-17/h1,4-9,12,15H,2-3,10-11,13H2,(H,21,23)/t15-/m0/s1. The number of aromatic nitrogens is 1. The molecule has 1 atom stereocenters. The first-order valence-electron chi connectivity index (χ1n) is 8.39. The molecule has 6 nitrogen and oxygen atoms in total. The van der Waals surface area contributed by atoms with Crippen LogP contribution in [0.2, 0.25) is 0 Å². The van der Waals surface area contributed by atoms with Gasteiger partial charge in [0, 0.05) is 32.0 Å². The lowest BCUT2D eigenvalue weighted by Crippen LogP contribution is -2.45. The predicted molar refractivity (Wildman–Crippen MR) is 94.0 cm³/mol. The minimum absolute atomic E-state index is 0.132. The zero-order valence-corrected chi connectivity index (χ0v) is 15.0. The van der Waals surface area contributed by atoms with Gasteiger partial charge in [-0.05, 0) is 42.7 Å². The summed E-state index contributed by atoms with van der Waals surface area (Å²) in [6.07, 6.45) is 4.08. The number of benzene rings is 1. The van der Waals surface area contributed by atoms with Crippen LogP contribution in [0.4, 0.5) is 4.39 Å². The number of piperidine rings is 1. The van der Waals surface area contributed by atoms with Gasteiger partial charge in [0.2, 0.25) is 15.9 Å². The van der Waals surface area contributed by atoms with Gasteiger partial charge in [-0.3, -0.25) is 9.78 Å². The van der Waals surface area contributed by atoms with E-state index < -0.39 is 15.9 Å². The molecule has 1 aliphatic rings. The third-order valence-electron chi connectivity index (χ3n) is 4.41. The second-order valence-corrected chi connectivity index (χ2v) is 8.17. The van der Waals surface area contributed by atoms with Crippen LogP contribution in [0.5, 0.6) is 0 Å². The number of amides is 1. The minimum atomic E-state index is -3.65. The largest absolute Gasteiger partial charge is 0.352 e. The van der Waals surface area contributed by atoms with E-state index in [1.165, 1.54) is 34.9 Å². The molecule has 3 rings (SSSR count). The summed E-state index contributed by atoms with van der Waals surface area (Å²) in [5, 5.41) is 2.80. The molecule has 0 unspecified atom stereocenters. The van der Waals surface area contributed by atoms with E-state index in [4.69, 9.17) is 0 Å². The fourth-order valence-electron chi connectivity index (χ4n) is 2.96. The highest BCUT2D eigenvalue weighted by Crippen LogP contribution is 2.23. The topological polar surface area (TPSA) is 79.4 Å². The zero-order chi connectivity index (χ0) is 18.6. The number of rotatable bonds is 5. The predicted octanol–water partition coefficient (Wildman–Crippen LogP) is 1.94. The molecule has 2 heterocycles. The fraction of sp³-hybridized carbons (Fsp3) is 0.333. The summed E-state index contributed by atoms with van der Waals surface area (Å²) >= 11 is 0. The number of nitrogens with zero attached hydrogens (tertiary/aromatic N) is 2. The van der Waals surface area contributed by atoms with Crippen molar-refractivity contribution in [2.45, 2.75) is 24.3 Å². The molecule has 26 heavy (non-hydrogen) atoms. The Morgan fingerprint density at radius 3 is 2.73 bits per heavy atom. The van der Waals surface area contributed by atoms with Crippen molar-refractivity contribution in [3.8, 4) is 0 Å². The molecule has 0 radical (unpaired) electrons. The number of sulfonamides is 1. The molecule has 1 aliphatic heterocycles. The van der Waals surface area contributed by atoms with Crippen LogP contribution in [0, 0.1) is 11.7 Å². The molecule has 8 heteroatoms. The van der Waals surface area contributed by atoms with Gasteiger partial charge < -0.3 is 5.32 Å². The van der Waals surface area contributed by atoms with Crippen molar-refractivity contribution in [1.82, 2.24) is 14.6 Å². The Morgan fingerprint density at radius 2 is 2.04 bits per heavy atom. The highest BCUT2D eigenvalue weighted by atomic mass is 32.2. The van der Waals surface area contributed by atoms with Gasteiger partial charge in [-0.2, -0.15) is 4.31 Å². The quantitative estimate of drug-likeness (QED) is 0.864. The molecule has 1 saturated heterocycles. The number of nitrogens with one attached hydrogen (secondary N) is 1. The van der Waals surface area contributed by atoms with E-state index in [-0.39, 0.29) is 29.7 Å². The smallest absolute Gasteiger partial charge is 0.244 e. The normalized spacial score (nSPS) is 18.4. The van der Waals surface area contributed by atoms with Crippen LogP contribution >= 0.6 is 0 Å². The average Bonchev–Trinajstić information content (AvgIpc) is 2.68. The SMILES string of the molecule is O=C(NCc1ccc(F)cc1)[C@H]1CCCN(S(=O)(=O)c2cccnc2)C1. The first-order chi connectivity index (χ1) is 12.5. The molecule has 0 spiro atoms. The summed E-state index contributed by atoms with van der Waals surface area (Å²) < 4.78 is 39.6. The summed E-state index contributed by atoms with van der Waals surface area (Å²) in [7, 11) is -3.65. The van der Waals surface area contributed by atoms with Gasteiger partial charge in [-0.25, -0.2) is 12.8 Å². The lowest BCUT2D eigenvalue weighted by atomic mass is 9.99. The Bertz CT molecular complexity index is 857. The summed E-state index contributed by atoms with van der Waals surface area (Å²) in [6.45, 7) is 0.816. The maximum Gasteiger partial charge on any atom is 0.244 e. The van der Waals surface area contributed by atoms with Gasteiger partial charge in [0.05, 0.1) is 5.92 Å². The summed E-state index contributed by atoms with van der Waals surface area (Å²) in [4.78, 5) is 16.4. The van der Waals surface area contributed by atoms with Gasteiger partial charge in [-0.15, -0.1) is 0 Å². The van der Waals surface area contributed by atoms with Gasteiger partial charge in [0.1, 0.15) is 10.7 Å². The third kappa shape index (κ3) is 4.25. The van der Waals surface area contributed by atoms with Gasteiger partial charge in [0.25, 0.3) is 0 Å². The third-order valence-corrected chi connectivity index (χ3v) is 6.26. The monoisotopic (exact) mass is 377 g/mol. The van der Waals surface area contributed by atoms with Crippen LogP contribution in [0.3, 0.4) is 0 Å². The summed E-state index contributed by atoms with van der Waals surface area (Å²) in [5.74, 6) is -0.931. The van der Waals surface area contributed by atoms with Crippen LogP contribution in [0.15, 0.2) is 53.7 Å². The van der Waals surface area contributed by atoms with E-state index in [2.05, 4.69) is 10.3 Å². The summed E-state index contributed by atoms with van der Waals surface area (Å²) in [6, 6.07) is 8.96. The van der Waals surface area contributed by atoms with E-state index in [1.807, 2.05) is 0 Å². The number of hydrogen-bond donors (Lipinski definition) is 1. The fourth-order valence-corrected chi connectivity index (χ4v) is 4.45. The number of hydrogen-bond acceptors (Lipinski definition) is 4. The zero-order valence-electron chi connectivity index (χ0n) is 14.1. The Morgan fingerprint density at radius 1 is 1.27 bits per heavy atom.